The quantitative estimate of drug-likeness (QED) is 0.656. The van der Waals surface area contributed by atoms with Crippen molar-refractivity contribution >= 4 is 5.97 Å². The Kier molecular flexibility index (Phi) is 2.42. The number of aliphatic hydroxyl groups excluding tert-OH is 1. The zero-order valence-corrected chi connectivity index (χ0v) is 9.05. The fourth-order valence-electron chi connectivity index (χ4n) is 2.84. The molecule has 0 aromatic rings. The summed E-state index contributed by atoms with van der Waals surface area (Å²) in [5.41, 5.74) is 0. The number of esters is 1. The first kappa shape index (κ1) is 10.5. The van der Waals surface area contributed by atoms with Gasteiger partial charge in [0.25, 0.3) is 0 Å². The van der Waals surface area contributed by atoms with Crippen LogP contribution in [0.5, 0.6) is 0 Å². The number of hydrogen-bond acceptors (Lipinski definition) is 5. The summed E-state index contributed by atoms with van der Waals surface area (Å²) in [6.45, 7) is -0.202. The van der Waals surface area contributed by atoms with E-state index in [0.29, 0.717) is 0 Å². The van der Waals surface area contributed by atoms with E-state index in [-0.39, 0.29) is 6.61 Å². The minimum absolute atomic E-state index is 0.202. The summed E-state index contributed by atoms with van der Waals surface area (Å²) in [4.78, 5) is 11.5. The van der Waals surface area contributed by atoms with Crippen molar-refractivity contribution in [2.75, 3.05) is 6.61 Å². The van der Waals surface area contributed by atoms with Crippen LogP contribution in [0.15, 0.2) is 0 Å². The molecule has 5 nitrogen and oxygen atoms in total. The van der Waals surface area contributed by atoms with Crippen molar-refractivity contribution < 1.29 is 24.1 Å². The van der Waals surface area contributed by atoms with Crippen LogP contribution in [0.4, 0.5) is 0 Å². The summed E-state index contributed by atoms with van der Waals surface area (Å²) in [7, 11) is 0. The maximum atomic E-state index is 11.5. The van der Waals surface area contributed by atoms with Gasteiger partial charge in [-0.15, -0.1) is 0 Å². The highest BCUT2D eigenvalue weighted by Crippen LogP contribution is 2.44. The first-order chi connectivity index (χ1) is 7.74. The van der Waals surface area contributed by atoms with Crippen molar-refractivity contribution in [2.24, 2.45) is 0 Å². The van der Waals surface area contributed by atoms with E-state index in [1.807, 2.05) is 0 Å². The first-order valence-electron chi connectivity index (χ1n) is 5.91. The average Bonchev–Trinajstić information content (AvgIpc) is 2.78. The Bertz CT molecular complexity index is 297. The maximum Gasteiger partial charge on any atom is 0.338 e. The molecule has 3 aliphatic rings. The monoisotopic (exact) mass is 228 g/mol. The number of fused-ring (bicyclic) bond motifs is 1. The lowest BCUT2D eigenvalue weighted by atomic mass is 9.94. The topological polar surface area (TPSA) is 65.0 Å². The molecular formula is C11H16O5. The van der Waals surface area contributed by atoms with Gasteiger partial charge in [-0.1, -0.05) is 6.42 Å². The molecule has 3 rings (SSSR count). The predicted octanol–water partition coefficient (Wildman–Crippen LogP) is 0.348. The molecule has 1 N–H and O–H groups in total. The molecule has 2 heterocycles. The van der Waals surface area contributed by atoms with E-state index < -0.39 is 30.1 Å². The number of ether oxygens (including phenoxy) is 3. The van der Waals surface area contributed by atoms with E-state index in [1.54, 1.807) is 0 Å². The van der Waals surface area contributed by atoms with Gasteiger partial charge in [0, 0.05) is 12.8 Å². The fraction of sp³-hybridized carbons (Fsp3) is 0.909. The SMILES string of the molecule is O=C1O[C@H](CO)[C@@H]2OC3(CCCCC3)O[C@H]12. The number of rotatable bonds is 1. The van der Waals surface area contributed by atoms with E-state index in [9.17, 15) is 4.79 Å². The molecular weight excluding hydrogens is 212 g/mol. The predicted molar refractivity (Wildman–Crippen MR) is 52.5 cm³/mol. The summed E-state index contributed by atoms with van der Waals surface area (Å²) in [5.74, 6) is -0.980. The second-order valence-corrected chi connectivity index (χ2v) is 4.75. The first-order valence-corrected chi connectivity index (χ1v) is 5.91. The van der Waals surface area contributed by atoms with Gasteiger partial charge in [-0.05, 0) is 12.8 Å². The number of carbonyl (C=O) groups is 1. The standard InChI is InChI=1S/C11H16O5/c12-6-7-8-9(10(13)14-7)16-11(15-8)4-2-1-3-5-11/h7-9,12H,1-6H2/t7-,8+,9+/m1/s1. The van der Waals surface area contributed by atoms with Gasteiger partial charge < -0.3 is 19.3 Å². The second kappa shape index (κ2) is 3.68. The smallest absolute Gasteiger partial charge is 0.338 e. The molecule has 90 valence electrons. The van der Waals surface area contributed by atoms with E-state index >= 15 is 0 Å². The van der Waals surface area contributed by atoms with Crippen molar-refractivity contribution in [1.29, 1.82) is 0 Å². The number of cyclic esters (lactones) is 1. The van der Waals surface area contributed by atoms with E-state index in [0.717, 1.165) is 25.7 Å². The molecule has 3 atom stereocenters. The van der Waals surface area contributed by atoms with Crippen LogP contribution in [0.25, 0.3) is 0 Å². The molecule has 0 aromatic heterocycles. The van der Waals surface area contributed by atoms with Crippen LogP contribution in [-0.2, 0) is 19.0 Å². The molecule has 0 amide bonds. The lowest BCUT2D eigenvalue weighted by Gasteiger charge is -2.32. The van der Waals surface area contributed by atoms with Gasteiger partial charge in [-0.2, -0.15) is 0 Å². The molecule has 16 heavy (non-hydrogen) atoms. The summed E-state index contributed by atoms with van der Waals surface area (Å²) in [6, 6.07) is 0. The van der Waals surface area contributed by atoms with Crippen molar-refractivity contribution in [3.8, 4) is 0 Å². The van der Waals surface area contributed by atoms with E-state index in [1.165, 1.54) is 6.42 Å². The van der Waals surface area contributed by atoms with Crippen LogP contribution in [0.2, 0.25) is 0 Å². The van der Waals surface area contributed by atoms with E-state index in [4.69, 9.17) is 19.3 Å². The van der Waals surface area contributed by atoms with Gasteiger partial charge in [-0.3, -0.25) is 0 Å². The molecule has 0 aromatic carbocycles. The average molecular weight is 228 g/mol. The van der Waals surface area contributed by atoms with Gasteiger partial charge in [0.05, 0.1) is 6.61 Å². The molecule has 3 fully saturated rings. The molecule has 1 aliphatic carbocycles. The Balaban J connectivity index is 1.78. The molecule has 5 heteroatoms. The number of hydrogen-bond donors (Lipinski definition) is 1. The molecule has 0 radical (unpaired) electrons. The third kappa shape index (κ3) is 1.46. The highest BCUT2D eigenvalue weighted by atomic mass is 16.8. The van der Waals surface area contributed by atoms with Crippen LogP contribution >= 0.6 is 0 Å². The normalized spacial score (nSPS) is 41.1. The number of aliphatic hydroxyl groups is 1. The molecule has 1 spiro atoms. The third-order valence-corrected chi connectivity index (χ3v) is 3.65. The largest absolute Gasteiger partial charge is 0.455 e. The van der Waals surface area contributed by atoms with Crippen molar-refractivity contribution in [1.82, 2.24) is 0 Å². The summed E-state index contributed by atoms with van der Waals surface area (Å²) >= 11 is 0. The Labute approximate surface area is 93.7 Å². The van der Waals surface area contributed by atoms with Crippen molar-refractivity contribution in [3.63, 3.8) is 0 Å². The highest BCUT2D eigenvalue weighted by Gasteiger charge is 2.58. The summed E-state index contributed by atoms with van der Waals surface area (Å²) in [6.07, 6.45) is 3.40. The van der Waals surface area contributed by atoms with Crippen LogP contribution in [0.3, 0.4) is 0 Å². The zero-order valence-electron chi connectivity index (χ0n) is 9.05. The van der Waals surface area contributed by atoms with Crippen LogP contribution in [0, 0.1) is 0 Å². The number of carbonyl (C=O) groups excluding carboxylic acids is 1. The molecule has 0 bridgehead atoms. The lowest BCUT2D eigenvalue weighted by molar-refractivity contribution is -0.217. The zero-order chi connectivity index (χ0) is 11.2. The fourth-order valence-corrected chi connectivity index (χ4v) is 2.84. The minimum Gasteiger partial charge on any atom is -0.455 e. The summed E-state index contributed by atoms with van der Waals surface area (Å²) in [5, 5.41) is 9.10. The molecule has 0 unspecified atom stereocenters. The molecule has 1 saturated carbocycles. The van der Waals surface area contributed by atoms with Crippen molar-refractivity contribution in [3.05, 3.63) is 0 Å². The molecule has 2 aliphatic heterocycles. The third-order valence-electron chi connectivity index (χ3n) is 3.65. The van der Waals surface area contributed by atoms with Gasteiger partial charge in [0.1, 0.15) is 6.10 Å². The Hall–Kier alpha value is -0.650. The lowest BCUT2D eigenvalue weighted by Crippen LogP contribution is -2.37. The second-order valence-electron chi connectivity index (χ2n) is 4.75. The van der Waals surface area contributed by atoms with Gasteiger partial charge in [0.15, 0.2) is 18.0 Å². The minimum atomic E-state index is -0.629. The highest BCUT2D eigenvalue weighted by molar-refractivity contribution is 5.78. The Morgan fingerprint density at radius 3 is 2.69 bits per heavy atom. The molecule has 2 saturated heterocycles. The summed E-state index contributed by atoms with van der Waals surface area (Å²) < 4.78 is 16.6. The van der Waals surface area contributed by atoms with Crippen LogP contribution in [0.1, 0.15) is 32.1 Å². The van der Waals surface area contributed by atoms with E-state index in [2.05, 4.69) is 0 Å². The maximum absolute atomic E-state index is 11.5. The Morgan fingerprint density at radius 1 is 1.25 bits per heavy atom. The van der Waals surface area contributed by atoms with Crippen LogP contribution < -0.4 is 0 Å². The van der Waals surface area contributed by atoms with Crippen LogP contribution in [-0.4, -0.2) is 41.8 Å². The Morgan fingerprint density at radius 2 is 2.00 bits per heavy atom. The van der Waals surface area contributed by atoms with Gasteiger partial charge in [0.2, 0.25) is 0 Å². The van der Waals surface area contributed by atoms with Gasteiger partial charge >= 0.3 is 5.97 Å². The van der Waals surface area contributed by atoms with Crippen molar-refractivity contribution in [2.45, 2.75) is 56.2 Å². The van der Waals surface area contributed by atoms with Gasteiger partial charge in [-0.25, -0.2) is 4.79 Å².